The van der Waals surface area contributed by atoms with Crippen LogP contribution < -0.4 is 5.32 Å². The summed E-state index contributed by atoms with van der Waals surface area (Å²) in [5, 5.41) is 4.27. The zero-order valence-electron chi connectivity index (χ0n) is 11.0. The Morgan fingerprint density at radius 1 is 1.47 bits per heavy atom. The van der Waals surface area contributed by atoms with E-state index in [2.05, 4.69) is 29.0 Å². The highest BCUT2D eigenvalue weighted by Gasteiger charge is 2.28. The molecular weight excluding hydrogens is 278 g/mol. The molecule has 3 heterocycles. The molecule has 0 saturated carbocycles. The number of rotatable bonds is 4. The molecule has 1 fully saturated rings. The topological polar surface area (TPSA) is 29.3 Å². The second-order valence-corrected chi connectivity index (χ2v) is 7.47. The molecule has 19 heavy (non-hydrogen) atoms. The van der Waals surface area contributed by atoms with Gasteiger partial charge in [0.1, 0.15) is 5.65 Å². The van der Waals surface area contributed by atoms with E-state index in [9.17, 15) is 0 Å². The Hall–Kier alpha value is -0.710. The van der Waals surface area contributed by atoms with Gasteiger partial charge in [0, 0.05) is 30.2 Å². The Kier molecular flexibility index (Phi) is 3.74. The van der Waals surface area contributed by atoms with E-state index in [1.165, 1.54) is 18.6 Å². The number of hydrogen-bond donors (Lipinski definition) is 1. The number of hydrogen-bond acceptors (Lipinski definition) is 3. The van der Waals surface area contributed by atoms with Crippen molar-refractivity contribution in [2.24, 2.45) is 0 Å². The minimum absolute atomic E-state index is 0.405. The van der Waals surface area contributed by atoms with Crippen molar-refractivity contribution in [1.29, 1.82) is 0 Å². The van der Waals surface area contributed by atoms with Crippen molar-refractivity contribution in [3.05, 3.63) is 35.2 Å². The fraction of sp³-hybridized carbons (Fsp3) is 0.500. The van der Waals surface area contributed by atoms with Gasteiger partial charge in [-0.3, -0.25) is 0 Å². The Bertz CT molecular complexity index is 575. The lowest BCUT2D eigenvalue weighted by Gasteiger charge is -2.22. The number of fused-ring (bicyclic) bond motifs is 1. The van der Waals surface area contributed by atoms with Crippen LogP contribution in [0.3, 0.4) is 0 Å². The van der Waals surface area contributed by atoms with Crippen molar-refractivity contribution in [3.8, 4) is 0 Å². The summed E-state index contributed by atoms with van der Waals surface area (Å²) in [4.78, 5) is 4.58. The monoisotopic (exact) mass is 295 g/mol. The molecule has 102 valence electrons. The van der Waals surface area contributed by atoms with E-state index in [4.69, 9.17) is 11.6 Å². The Labute approximate surface area is 122 Å². The zero-order valence-corrected chi connectivity index (χ0v) is 12.6. The largest absolute Gasteiger partial charge is 0.310 e. The molecule has 1 N–H and O–H groups in total. The first kappa shape index (κ1) is 13.3. The fourth-order valence-corrected chi connectivity index (χ4v) is 3.98. The van der Waals surface area contributed by atoms with E-state index in [0.29, 0.717) is 4.75 Å². The second kappa shape index (κ2) is 5.35. The molecular formula is C14H18ClN3S. The van der Waals surface area contributed by atoms with Crippen molar-refractivity contribution >= 4 is 29.0 Å². The van der Waals surface area contributed by atoms with Gasteiger partial charge in [-0.1, -0.05) is 11.6 Å². The van der Waals surface area contributed by atoms with Crippen molar-refractivity contribution < 1.29 is 0 Å². The van der Waals surface area contributed by atoms with E-state index < -0.39 is 0 Å². The van der Waals surface area contributed by atoms with E-state index >= 15 is 0 Å². The van der Waals surface area contributed by atoms with Crippen LogP contribution >= 0.6 is 23.4 Å². The second-order valence-electron chi connectivity index (χ2n) is 5.35. The Morgan fingerprint density at radius 3 is 3.16 bits per heavy atom. The molecule has 5 heteroatoms. The highest BCUT2D eigenvalue weighted by atomic mass is 35.5. The van der Waals surface area contributed by atoms with Gasteiger partial charge in [0.15, 0.2) is 0 Å². The maximum absolute atomic E-state index is 5.97. The van der Waals surface area contributed by atoms with Gasteiger partial charge in [0.05, 0.1) is 10.7 Å². The first-order valence-corrected chi connectivity index (χ1v) is 7.99. The van der Waals surface area contributed by atoms with E-state index in [1.54, 1.807) is 0 Å². The smallest absolute Gasteiger partial charge is 0.137 e. The third-order valence-electron chi connectivity index (χ3n) is 3.57. The molecule has 0 radical (unpaired) electrons. The lowest BCUT2D eigenvalue weighted by Crippen LogP contribution is -2.32. The average molecular weight is 296 g/mol. The highest BCUT2D eigenvalue weighted by molar-refractivity contribution is 8.00. The van der Waals surface area contributed by atoms with Gasteiger partial charge in [-0.2, -0.15) is 11.8 Å². The van der Waals surface area contributed by atoms with E-state index in [1.807, 2.05) is 28.9 Å². The highest BCUT2D eigenvalue weighted by Crippen LogP contribution is 2.36. The van der Waals surface area contributed by atoms with Gasteiger partial charge in [-0.05, 0) is 37.7 Å². The number of nitrogens with zero attached hydrogens (tertiary/aromatic N) is 2. The Balaban J connectivity index is 1.62. The van der Waals surface area contributed by atoms with Gasteiger partial charge in [0.2, 0.25) is 0 Å². The standard InChI is InChI=1S/C14H18ClN3S/c1-14(5-2-6-19-14)10-16-7-12-9-18-8-11(15)3-4-13(18)17-12/h3-4,8-9,16H,2,5-7,10H2,1H3. The maximum atomic E-state index is 5.97. The molecule has 0 aromatic carbocycles. The summed E-state index contributed by atoms with van der Waals surface area (Å²) in [7, 11) is 0. The Morgan fingerprint density at radius 2 is 2.37 bits per heavy atom. The van der Waals surface area contributed by atoms with Crippen molar-refractivity contribution in [2.45, 2.75) is 31.1 Å². The first-order valence-electron chi connectivity index (χ1n) is 6.62. The third kappa shape index (κ3) is 3.07. The summed E-state index contributed by atoms with van der Waals surface area (Å²) in [6.45, 7) is 4.21. The molecule has 0 amide bonds. The predicted molar refractivity (Wildman–Crippen MR) is 82.0 cm³/mol. The summed E-state index contributed by atoms with van der Waals surface area (Å²) >= 11 is 8.05. The number of halogens is 1. The van der Waals surface area contributed by atoms with Crippen LogP contribution in [0.25, 0.3) is 5.65 Å². The lowest BCUT2D eigenvalue weighted by molar-refractivity contribution is 0.534. The minimum Gasteiger partial charge on any atom is -0.310 e. The van der Waals surface area contributed by atoms with Gasteiger partial charge < -0.3 is 9.72 Å². The first-order chi connectivity index (χ1) is 9.15. The molecule has 2 aromatic rings. The molecule has 3 rings (SSSR count). The fourth-order valence-electron chi connectivity index (χ4n) is 2.53. The average Bonchev–Trinajstić information content (AvgIpc) is 2.95. The predicted octanol–water partition coefficient (Wildman–Crippen LogP) is 3.36. The van der Waals surface area contributed by atoms with Crippen LogP contribution in [0.5, 0.6) is 0 Å². The number of aromatic nitrogens is 2. The molecule has 1 aliphatic heterocycles. The molecule has 1 unspecified atom stereocenters. The number of nitrogens with one attached hydrogen (secondary N) is 1. The quantitative estimate of drug-likeness (QED) is 0.938. The van der Waals surface area contributed by atoms with Crippen LogP contribution in [-0.2, 0) is 6.54 Å². The SMILES string of the molecule is CC1(CNCc2cn3cc(Cl)ccc3n2)CCCS1. The summed E-state index contributed by atoms with van der Waals surface area (Å²) in [5.74, 6) is 1.30. The summed E-state index contributed by atoms with van der Waals surface area (Å²) in [6.07, 6.45) is 6.58. The lowest BCUT2D eigenvalue weighted by atomic mass is 10.1. The summed E-state index contributed by atoms with van der Waals surface area (Å²) in [5.41, 5.74) is 2.01. The van der Waals surface area contributed by atoms with E-state index in [0.717, 1.165) is 29.5 Å². The molecule has 0 bridgehead atoms. The van der Waals surface area contributed by atoms with Gasteiger partial charge in [0.25, 0.3) is 0 Å². The third-order valence-corrected chi connectivity index (χ3v) is 5.33. The summed E-state index contributed by atoms with van der Waals surface area (Å²) < 4.78 is 2.38. The molecule has 1 aliphatic rings. The molecule has 1 saturated heterocycles. The van der Waals surface area contributed by atoms with Crippen LogP contribution in [0, 0.1) is 0 Å². The normalized spacial score (nSPS) is 23.3. The molecule has 1 atom stereocenters. The van der Waals surface area contributed by atoms with Crippen LogP contribution in [0.1, 0.15) is 25.5 Å². The minimum atomic E-state index is 0.405. The molecule has 2 aromatic heterocycles. The summed E-state index contributed by atoms with van der Waals surface area (Å²) in [6, 6.07) is 3.82. The van der Waals surface area contributed by atoms with Gasteiger partial charge >= 0.3 is 0 Å². The van der Waals surface area contributed by atoms with Crippen LogP contribution in [0.2, 0.25) is 5.02 Å². The van der Waals surface area contributed by atoms with Crippen molar-refractivity contribution in [2.75, 3.05) is 12.3 Å². The zero-order chi connectivity index (χ0) is 13.3. The van der Waals surface area contributed by atoms with E-state index in [-0.39, 0.29) is 0 Å². The van der Waals surface area contributed by atoms with Crippen molar-refractivity contribution in [3.63, 3.8) is 0 Å². The molecule has 0 spiro atoms. The van der Waals surface area contributed by atoms with Gasteiger partial charge in [-0.25, -0.2) is 4.98 Å². The number of thioether (sulfide) groups is 1. The maximum Gasteiger partial charge on any atom is 0.137 e. The molecule has 0 aliphatic carbocycles. The molecule has 3 nitrogen and oxygen atoms in total. The number of imidazole rings is 1. The van der Waals surface area contributed by atoms with Crippen molar-refractivity contribution in [1.82, 2.24) is 14.7 Å². The number of pyridine rings is 1. The van der Waals surface area contributed by atoms with Gasteiger partial charge in [-0.15, -0.1) is 0 Å². The van der Waals surface area contributed by atoms with Crippen LogP contribution in [-0.4, -0.2) is 26.4 Å². The van der Waals surface area contributed by atoms with Crippen LogP contribution in [0.15, 0.2) is 24.5 Å². The van der Waals surface area contributed by atoms with Crippen LogP contribution in [0.4, 0.5) is 0 Å².